The Morgan fingerprint density at radius 1 is 1.10 bits per heavy atom. The number of carbonyl (C=O) groups is 1. The highest BCUT2D eigenvalue weighted by Crippen LogP contribution is 2.37. The predicted molar refractivity (Wildman–Crippen MR) is 74.7 cm³/mol. The summed E-state index contributed by atoms with van der Waals surface area (Å²) in [6, 6.07) is 15.2. The van der Waals surface area contributed by atoms with Crippen molar-refractivity contribution in [2.45, 2.75) is 5.60 Å². The summed E-state index contributed by atoms with van der Waals surface area (Å²) in [5.41, 5.74) is 0.198. The monoisotopic (exact) mass is 287 g/mol. The van der Waals surface area contributed by atoms with E-state index in [0.29, 0.717) is 5.75 Å². The highest BCUT2D eigenvalue weighted by molar-refractivity contribution is 5.67. The van der Waals surface area contributed by atoms with E-state index in [1.54, 1.807) is 12.1 Å². The van der Waals surface area contributed by atoms with Gasteiger partial charge < -0.3 is 9.84 Å². The minimum Gasteiger partial charge on any atom is -0.479 e. The smallest absolute Gasteiger partial charge is 0.407 e. The summed E-state index contributed by atoms with van der Waals surface area (Å²) in [6.07, 6.45) is -0.968. The van der Waals surface area contributed by atoms with E-state index < -0.39 is 11.7 Å². The molecular weight excluding hydrogens is 273 g/mol. The van der Waals surface area contributed by atoms with Crippen LogP contribution in [0.3, 0.4) is 0 Å². The molecule has 0 aromatic heterocycles. The van der Waals surface area contributed by atoms with Crippen LogP contribution in [-0.4, -0.2) is 29.2 Å². The van der Waals surface area contributed by atoms with Crippen molar-refractivity contribution < 1.29 is 19.0 Å². The van der Waals surface area contributed by atoms with E-state index >= 15 is 0 Å². The molecule has 5 heteroatoms. The predicted octanol–water partition coefficient (Wildman–Crippen LogP) is 3.09. The summed E-state index contributed by atoms with van der Waals surface area (Å²) in [5.74, 6) is 0.183. The number of likely N-dealkylation sites (tertiary alicyclic amines) is 1. The van der Waals surface area contributed by atoms with Gasteiger partial charge in [-0.25, -0.2) is 9.18 Å². The van der Waals surface area contributed by atoms with Crippen molar-refractivity contribution in [3.63, 3.8) is 0 Å². The average molecular weight is 287 g/mol. The van der Waals surface area contributed by atoms with Crippen molar-refractivity contribution in [3.05, 3.63) is 66.0 Å². The zero-order valence-corrected chi connectivity index (χ0v) is 11.2. The summed E-state index contributed by atoms with van der Waals surface area (Å²) >= 11 is 0. The molecule has 0 saturated carbocycles. The molecule has 1 amide bonds. The molecule has 0 unspecified atom stereocenters. The lowest BCUT2D eigenvalue weighted by Gasteiger charge is -2.48. The maximum absolute atomic E-state index is 13.0. The van der Waals surface area contributed by atoms with Gasteiger partial charge in [0.15, 0.2) is 5.60 Å². The van der Waals surface area contributed by atoms with Gasteiger partial charge in [-0.05, 0) is 29.8 Å². The van der Waals surface area contributed by atoms with Crippen molar-refractivity contribution in [3.8, 4) is 5.75 Å². The number of rotatable bonds is 3. The number of hydrogen-bond acceptors (Lipinski definition) is 2. The lowest BCUT2D eigenvalue weighted by atomic mass is 9.86. The Labute approximate surface area is 121 Å². The second-order valence-electron chi connectivity index (χ2n) is 5.05. The van der Waals surface area contributed by atoms with Crippen LogP contribution in [0.2, 0.25) is 0 Å². The number of nitrogens with zero attached hydrogens (tertiary/aromatic N) is 1. The molecule has 1 heterocycles. The Morgan fingerprint density at radius 3 is 2.29 bits per heavy atom. The van der Waals surface area contributed by atoms with E-state index in [4.69, 9.17) is 9.84 Å². The first kappa shape index (κ1) is 13.4. The Hall–Kier alpha value is -2.56. The van der Waals surface area contributed by atoms with Gasteiger partial charge in [0.2, 0.25) is 0 Å². The van der Waals surface area contributed by atoms with Gasteiger partial charge in [0.25, 0.3) is 0 Å². The average Bonchev–Trinajstić information content (AvgIpc) is 2.45. The molecule has 1 fully saturated rings. The molecular formula is C16H14FNO3. The topological polar surface area (TPSA) is 49.8 Å². The third-order valence-corrected chi connectivity index (χ3v) is 3.59. The quantitative estimate of drug-likeness (QED) is 0.943. The van der Waals surface area contributed by atoms with Crippen LogP contribution in [0, 0.1) is 5.82 Å². The van der Waals surface area contributed by atoms with Crippen molar-refractivity contribution in [2.75, 3.05) is 13.1 Å². The van der Waals surface area contributed by atoms with Gasteiger partial charge in [-0.1, -0.05) is 30.3 Å². The van der Waals surface area contributed by atoms with Gasteiger partial charge in [-0.3, -0.25) is 4.90 Å². The van der Waals surface area contributed by atoms with E-state index in [1.165, 1.54) is 17.0 Å². The number of amides is 1. The zero-order valence-electron chi connectivity index (χ0n) is 11.2. The van der Waals surface area contributed by atoms with E-state index in [-0.39, 0.29) is 18.9 Å². The zero-order chi connectivity index (χ0) is 14.9. The minimum atomic E-state index is -0.968. The Bertz CT molecular complexity index is 636. The van der Waals surface area contributed by atoms with E-state index in [2.05, 4.69) is 0 Å². The van der Waals surface area contributed by atoms with Crippen LogP contribution < -0.4 is 4.74 Å². The maximum atomic E-state index is 13.0. The van der Waals surface area contributed by atoms with E-state index in [9.17, 15) is 9.18 Å². The van der Waals surface area contributed by atoms with Crippen LogP contribution >= 0.6 is 0 Å². The third-order valence-electron chi connectivity index (χ3n) is 3.59. The normalized spacial score (nSPS) is 16.1. The Morgan fingerprint density at radius 2 is 1.71 bits per heavy atom. The Balaban J connectivity index is 1.87. The summed E-state index contributed by atoms with van der Waals surface area (Å²) < 4.78 is 19.0. The van der Waals surface area contributed by atoms with E-state index in [0.717, 1.165) is 5.56 Å². The van der Waals surface area contributed by atoms with Gasteiger partial charge in [0.05, 0.1) is 13.1 Å². The van der Waals surface area contributed by atoms with Crippen LogP contribution in [0.5, 0.6) is 5.75 Å². The molecule has 108 valence electrons. The maximum Gasteiger partial charge on any atom is 0.407 e. The van der Waals surface area contributed by atoms with Crippen molar-refractivity contribution in [1.82, 2.24) is 4.90 Å². The summed E-state index contributed by atoms with van der Waals surface area (Å²) in [5, 5.41) is 9.04. The van der Waals surface area contributed by atoms with Crippen molar-refractivity contribution in [2.24, 2.45) is 0 Å². The fourth-order valence-electron chi connectivity index (χ4n) is 2.48. The second-order valence-corrected chi connectivity index (χ2v) is 5.05. The van der Waals surface area contributed by atoms with Gasteiger partial charge in [0.1, 0.15) is 11.6 Å². The number of carboxylic acid groups (broad SMARTS) is 1. The van der Waals surface area contributed by atoms with Crippen LogP contribution in [0.15, 0.2) is 54.6 Å². The van der Waals surface area contributed by atoms with Crippen LogP contribution in [0.25, 0.3) is 0 Å². The molecule has 0 aliphatic carbocycles. The second kappa shape index (κ2) is 5.09. The largest absolute Gasteiger partial charge is 0.479 e. The van der Waals surface area contributed by atoms with Gasteiger partial charge in [-0.15, -0.1) is 0 Å². The number of halogens is 1. The van der Waals surface area contributed by atoms with Gasteiger partial charge in [-0.2, -0.15) is 0 Å². The van der Waals surface area contributed by atoms with Gasteiger partial charge in [0, 0.05) is 0 Å². The lowest BCUT2D eigenvalue weighted by molar-refractivity contribution is -0.0694. The Kier molecular flexibility index (Phi) is 3.25. The molecule has 0 spiro atoms. The molecule has 1 N–H and O–H groups in total. The molecule has 21 heavy (non-hydrogen) atoms. The fraction of sp³-hybridized carbons (Fsp3) is 0.188. The third kappa shape index (κ3) is 2.54. The van der Waals surface area contributed by atoms with Crippen LogP contribution in [0.4, 0.5) is 9.18 Å². The number of ether oxygens (including phenoxy) is 1. The van der Waals surface area contributed by atoms with Gasteiger partial charge >= 0.3 is 6.09 Å². The summed E-state index contributed by atoms with van der Waals surface area (Å²) in [7, 11) is 0. The molecule has 1 saturated heterocycles. The molecule has 1 aliphatic rings. The number of benzene rings is 2. The van der Waals surface area contributed by atoms with Crippen molar-refractivity contribution >= 4 is 6.09 Å². The van der Waals surface area contributed by atoms with E-state index in [1.807, 2.05) is 30.3 Å². The first-order valence-corrected chi connectivity index (χ1v) is 6.57. The van der Waals surface area contributed by atoms with Crippen molar-refractivity contribution in [1.29, 1.82) is 0 Å². The summed E-state index contributed by atoms with van der Waals surface area (Å²) in [4.78, 5) is 12.3. The molecule has 4 nitrogen and oxygen atoms in total. The molecule has 1 aliphatic heterocycles. The molecule has 2 aromatic carbocycles. The van der Waals surface area contributed by atoms with Crippen LogP contribution in [0.1, 0.15) is 5.56 Å². The summed E-state index contributed by atoms with van der Waals surface area (Å²) in [6.45, 7) is 0.507. The highest BCUT2D eigenvalue weighted by Gasteiger charge is 2.49. The first-order chi connectivity index (χ1) is 10.1. The minimum absolute atomic E-state index is 0.254. The number of hydrogen-bond donors (Lipinski definition) is 1. The lowest BCUT2D eigenvalue weighted by Crippen LogP contribution is -2.63. The molecule has 3 rings (SSSR count). The molecule has 0 bridgehead atoms. The first-order valence-electron chi connectivity index (χ1n) is 6.57. The molecule has 0 atom stereocenters. The molecule has 0 radical (unpaired) electrons. The fourth-order valence-corrected chi connectivity index (χ4v) is 2.48. The SMILES string of the molecule is O=C(O)N1CC(Oc2ccc(F)cc2)(c2ccccc2)C1. The molecule has 2 aromatic rings. The highest BCUT2D eigenvalue weighted by atomic mass is 19.1. The standard InChI is InChI=1S/C16H14FNO3/c17-13-6-8-14(9-7-13)21-16(10-18(11-16)15(19)20)12-4-2-1-3-5-12/h1-9H,10-11H2,(H,19,20). The van der Waals surface area contributed by atoms with Crippen LogP contribution in [-0.2, 0) is 5.60 Å².